The van der Waals surface area contributed by atoms with Crippen LogP contribution in [0.25, 0.3) is 0 Å². The topological polar surface area (TPSA) is 127 Å². The third-order valence-electron chi connectivity index (χ3n) is 2.18. The van der Waals surface area contributed by atoms with Gasteiger partial charge >= 0.3 is 5.97 Å². The van der Waals surface area contributed by atoms with Gasteiger partial charge in [-0.1, -0.05) is 0 Å². The number of sulfonamides is 1. The summed E-state index contributed by atoms with van der Waals surface area (Å²) in [7, 11) is -3.86. The number of carboxylic acid groups (broad SMARTS) is 1. The van der Waals surface area contributed by atoms with E-state index < -0.39 is 28.4 Å². The molecule has 0 atom stereocenters. The molecule has 0 spiro atoms. The molecule has 18 heavy (non-hydrogen) atoms. The molecule has 0 heterocycles. The van der Waals surface area contributed by atoms with E-state index in [4.69, 9.17) is 10.8 Å². The number of hydrogen-bond acceptors (Lipinski definition) is 4. The molecule has 0 aliphatic heterocycles. The van der Waals surface area contributed by atoms with Crippen molar-refractivity contribution in [3.63, 3.8) is 0 Å². The third-order valence-corrected chi connectivity index (χ3v) is 3.57. The van der Waals surface area contributed by atoms with Crippen molar-refractivity contribution in [3.05, 3.63) is 29.3 Å². The molecule has 0 saturated heterocycles. The molecule has 0 bridgehead atoms. The number of amides is 1. The average Bonchev–Trinajstić information content (AvgIpc) is 2.26. The zero-order valence-corrected chi connectivity index (χ0v) is 10.3. The van der Waals surface area contributed by atoms with Gasteiger partial charge in [0.25, 0.3) is 0 Å². The van der Waals surface area contributed by atoms with Crippen LogP contribution < -0.4 is 10.5 Å². The van der Waals surface area contributed by atoms with Crippen molar-refractivity contribution < 1.29 is 23.1 Å². The number of primary amides is 1. The second-order valence-electron chi connectivity index (χ2n) is 3.57. The number of rotatable bonds is 5. The van der Waals surface area contributed by atoms with Crippen LogP contribution in [0.3, 0.4) is 0 Å². The van der Waals surface area contributed by atoms with Crippen LogP contribution in [-0.4, -0.2) is 31.9 Å². The zero-order valence-electron chi connectivity index (χ0n) is 9.50. The Morgan fingerprint density at radius 1 is 1.39 bits per heavy atom. The van der Waals surface area contributed by atoms with Crippen LogP contribution in [0.15, 0.2) is 23.1 Å². The molecule has 1 aromatic rings. The largest absolute Gasteiger partial charge is 0.478 e. The standard InChI is InChI=1S/C10H12N2O5S/c1-6-4-7(2-3-8(6)10(14)15)18(16,17)12-5-9(11)13/h2-4,12H,5H2,1H3,(H2,11,13)(H,14,15). The summed E-state index contributed by atoms with van der Waals surface area (Å²) in [5.74, 6) is -1.95. The highest BCUT2D eigenvalue weighted by atomic mass is 32.2. The Hall–Kier alpha value is -1.93. The summed E-state index contributed by atoms with van der Waals surface area (Å²) in [6.45, 7) is 0.971. The molecule has 1 rings (SSSR count). The predicted octanol–water partition coefficient (Wildman–Crippen LogP) is -0.543. The Morgan fingerprint density at radius 3 is 2.44 bits per heavy atom. The van der Waals surface area contributed by atoms with Crippen LogP contribution in [-0.2, 0) is 14.8 Å². The first kappa shape index (κ1) is 14.1. The zero-order chi connectivity index (χ0) is 13.9. The Labute approximate surface area is 104 Å². The first-order valence-electron chi connectivity index (χ1n) is 4.86. The first-order chi connectivity index (χ1) is 8.24. The predicted molar refractivity (Wildman–Crippen MR) is 62.5 cm³/mol. The summed E-state index contributed by atoms with van der Waals surface area (Å²) in [4.78, 5) is 21.2. The molecule has 0 saturated carbocycles. The van der Waals surface area contributed by atoms with Crippen LogP contribution in [0.5, 0.6) is 0 Å². The summed E-state index contributed by atoms with van der Waals surface area (Å²) < 4.78 is 25.4. The Kier molecular flexibility index (Phi) is 4.04. The van der Waals surface area contributed by atoms with Crippen molar-refractivity contribution in [2.24, 2.45) is 5.73 Å². The van der Waals surface area contributed by atoms with E-state index in [2.05, 4.69) is 0 Å². The van der Waals surface area contributed by atoms with Crippen molar-refractivity contribution in [2.45, 2.75) is 11.8 Å². The molecule has 0 aromatic heterocycles. The van der Waals surface area contributed by atoms with E-state index in [0.29, 0.717) is 5.56 Å². The molecule has 98 valence electrons. The number of benzene rings is 1. The maximum Gasteiger partial charge on any atom is 0.335 e. The van der Waals surface area contributed by atoms with E-state index >= 15 is 0 Å². The van der Waals surface area contributed by atoms with Gasteiger partial charge in [0.1, 0.15) is 0 Å². The number of carbonyl (C=O) groups is 2. The van der Waals surface area contributed by atoms with E-state index in [-0.39, 0.29) is 10.5 Å². The second-order valence-corrected chi connectivity index (χ2v) is 5.34. The maximum atomic E-state index is 11.7. The van der Waals surface area contributed by atoms with Crippen LogP contribution >= 0.6 is 0 Å². The highest BCUT2D eigenvalue weighted by Crippen LogP contribution is 2.15. The van der Waals surface area contributed by atoms with Gasteiger partial charge in [-0.05, 0) is 30.7 Å². The van der Waals surface area contributed by atoms with Gasteiger partial charge in [0.15, 0.2) is 0 Å². The Balaban J connectivity index is 3.08. The van der Waals surface area contributed by atoms with Crippen molar-refractivity contribution >= 4 is 21.9 Å². The van der Waals surface area contributed by atoms with Gasteiger partial charge in [-0.25, -0.2) is 17.9 Å². The molecule has 7 nitrogen and oxygen atoms in total. The molecule has 0 unspecified atom stereocenters. The van der Waals surface area contributed by atoms with Gasteiger partial charge in [0, 0.05) is 0 Å². The fourth-order valence-corrected chi connectivity index (χ4v) is 2.37. The fraction of sp³-hybridized carbons (Fsp3) is 0.200. The normalized spacial score (nSPS) is 11.2. The van der Waals surface area contributed by atoms with Gasteiger partial charge in [0.05, 0.1) is 17.0 Å². The molecular formula is C10H12N2O5S. The van der Waals surface area contributed by atoms with Crippen LogP contribution in [0.1, 0.15) is 15.9 Å². The van der Waals surface area contributed by atoms with Crippen LogP contribution in [0.2, 0.25) is 0 Å². The van der Waals surface area contributed by atoms with E-state index in [1.807, 2.05) is 4.72 Å². The van der Waals surface area contributed by atoms with Gasteiger partial charge in [-0.15, -0.1) is 0 Å². The molecule has 8 heteroatoms. The summed E-state index contributed by atoms with van der Waals surface area (Å²) in [6.07, 6.45) is 0. The molecule has 1 aromatic carbocycles. The second kappa shape index (κ2) is 5.15. The SMILES string of the molecule is Cc1cc(S(=O)(=O)NCC(N)=O)ccc1C(=O)O. The minimum atomic E-state index is -3.86. The van der Waals surface area contributed by atoms with E-state index in [9.17, 15) is 18.0 Å². The van der Waals surface area contributed by atoms with Crippen LogP contribution in [0, 0.1) is 6.92 Å². The minimum Gasteiger partial charge on any atom is -0.478 e. The third kappa shape index (κ3) is 3.28. The number of nitrogens with two attached hydrogens (primary N) is 1. The van der Waals surface area contributed by atoms with Gasteiger partial charge in [-0.3, -0.25) is 4.79 Å². The minimum absolute atomic E-state index is 0.0175. The molecule has 0 fully saturated rings. The monoisotopic (exact) mass is 272 g/mol. The molecule has 1 amide bonds. The summed E-state index contributed by atoms with van der Waals surface area (Å²) in [5, 5.41) is 8.81. The summed E-state index contributed by atoms with van der Waals surface area (Å²) >= 11 is 0. The highest BCUT2D eigenvalue weighted by Gasteiger charge is 2.17. The highest BCUT2D eigenvalue weighted by molar-refractivity contribution is 7.89. The van der Waals surface area contributed by atoms with Crippen molar-refractivity contribution in [3.8, 4) is 0 Å². The van der Waals surface area contributed by atoms with Crippen molar-refractivity contribution in [1.82, 2.24) is 4.72 Å². The van der Waals surface area contributed by atoms with E-state index in [1.54, 1.807) is 0 Å². The Bertz CT molecular complexity index is 594. The number of hydrogen-bond donors (Lipinski definition) is 3. The lowest BCUT2D eigenvalue weighted by Gasteiger charge is -2.07. The number of carbonyl (C=O) groups excluding carboxylic acids is 1. The van der Waals surface area contributed by atoms with Gasteiger partial charge in [0.2, 0.25) is 15.9 Å². The number of aromatic carboxylic acids is 1. The number of carboxylic acids is 1. The first-order valence-corrected chi connectivity index (χ1v) is 6.34. The lowest BCUT2D eigenvalue weighted by atomic mass is 10.1. The lowest BCUT2D eigenvalue weighted by Crippen LogP contribution is -2.33. The lowest BCUT2D eigenvalue weighted by molar-refractivity contribution is -0.116. The van der Waals surface area contributed by atoms with Gasteiger partial charge in [-0.2, -0.15) is 0 Å². The molecular weight excluding hydrogens is 260 g/mol. The van der Waals surface area contributed by atoms with Crippen molar-refractivity contribution in [1.29, 1.82) is 0 Å². The number of aryl methyl sites for hydroxylation is 1. The molecule has 0 aliphatic carbocycles. The van der Waals surface area contributed by atoms with E-state index in [0.717, 1.165) is 6.07 Å². The fourth-order valence-electron chi connectivity index (χ4n) is 1.29. The smallest absolute Gasteiger partial charge is 0.335 e. The average molecular weight is 272 g/mol. The molecule has 0 radical (unpaired) electrons. The molecule has 0 aliphatic rings. The van der Waals surface area contributed by atoms with Crippen LogP contribution in [0.4, 0.5) is 0 Å². The van der Waals surface area contributed by atoms with E-state index in [1.165, 1.54) is 19.1 Å². The number of nitrogens with one attached hydrogen (secondary N) is 1. The quantitative estimate of drug-likeness (QED) is 0.663. The maximum absolute atomic E-state index is 11.7. The summed E-state index contributed by atoms with van der Waals surface area (Å²) in [5.41, 5.74) is 5.15. The Morgan fingerprint density at radius 2 is 2.00 bits per heavy atom. The van der Waals surface area contributed by atoms with Crippen molar-refractivity contribution in [2.75, 3.05) is 6.54 Å². The summed E-state index contributed by atoms with van der Waals surface area (Å²) in [6, 6.07) is 3.56. The molecule has 4 N–H and O–H groups in total. The van der Waals surface area contributed by atoms with Gasteiger partial charge < -0.3 is 10.8 Å².